The Kier molecular flexibility index (Phi) is 7.80. The van der Waals surface area contributed by atoms with Crippen LogP contribution in [0.15, 0.2) is 42.7 Å². The van der Waals surface area contributed by atoms with Gasteiger partial charge in [0.15, 0.2) is 5.60 Å². The van der Waals surface area contributed by atoms with Gasteiger partial charge >= 0.3 is 5.97 Å². The van der Waals surface area contributed by atoms with Gasteiger partial charge in [-0.05, 0) is 38.2 Å². The van der Waals surface area contributed by atoms with E-state index in [0.717, 1.165) is 12.8 Å². The van der Waals surface area contributed by atoms with Gasteiger partial charge in [0.05, 0.1) is 12.8 Å². The van der Waals surface area contributed by atoms with Crippen LogP contribution in [0.3, 0.4) is 0 Å². The number of rotatable bonds is 10. The van der Waals surface area contributed by atoms with Crippen molar-refractivity contribution < 1.29 is 23.4 Å². The van der Waals surface area contributed by atoms with Crippen LogP contribution in [-0.4, -0.2) is 52.2 Å². The van der Waals surface area contributed by atoms with Gasteiger partial charge in [-0.15, -0.1) is 0 Å². The van der Waals surface area contributed by atoms with Crippen molar-refractivity contribution in [2.24, 2.45) is 5.92 Å². The van der Waals surface area contributed by atoms with Crippen molar-refractivity contribution in [3.8, 4) is 0 Å². The Bertz CT molecular complexity index is 785. The van der Waals surface area contributed by atoms with Crippen LogP contribution in [0.5, 0.6) is 0 Å². The van der Waals surface area contributed by atoms with Gasteiger partial charge in [-0.25, -0.2) is 13.6 Å². The van der Waals surface area contributed by atoms with Crippen LogP contribution in [0.2, 0.25) is 0 Å². The minimum absolute atomic E-state index is 0.0788. The summed E-state index contributed by atoms with van der Waals surface area (Å²) in [6.07, 6.45) is 6.39. The summed E-state index contributed by atoms with van der Waals surface area (Å²) in [7, 11) is 0. The largest absolute Gasteiger partial charge is 0.463 e. The fourth-order valence-corrected chi connectivity index (χ4v) is 5.02. The minimum Gasteiger partial charge on any atom is -0.463 e. The first kappa shape index (κ1) is 24.5. The molecule has 0 aromatic heterocycles. The van der Waals surface area contributed by atoms with Crippen molar-refractivity contribution in [3.63, 3.8) is 0 Å². The number of carbonyl (C=O) groups excluding carboxylic acids is 1. The summed E-state index contributed by atoms with van der Waals surface area (Å²) < 4.78 is 33.2. The second-order valence-electron chi connectivity index (χ2n) is 9.00. The molecule has 1 aliphatic carbocycles. The second-order valence-corrected chi connectivity index (χ2v) is 9.00. The highest BCUT2D eigenvalue weighted by atomic mass is 19.3. The second kappa shape index (κ2) is 10.2. The van der Waals surface area contributed by atoms with Crippen LogP contribution in [-0.2, 0) is 15.1 Å². The Labute approximate surface area is 190 Å². The summed E-state index contributed by atoms with van der Waals surface area (Å²) in [5.41, 5.74) is -1.75. The SMILES string of the molecule is CCC(CC)N1C=CN(CCCOC(=O)[C@](O)(c2ccccc2)[C@@H]2CCC(F)(F)C2)C1C. The summed E-state index contributed by atoms with van der Waals surface area (Å²) in [5.74, 6) is -4.58. The van der Waals surface area contributed by atoms with E-state index >= 15 is 0 Å². The van der Waals surface area contributed by atoms with Gasteiger partial charge in [0.25, 0.3) is 0 Å². The van der Waals surface area contributed by atoms with Gasteiger partial charge in [-0.2, -0.15) is 0 Å². The van der Waals surface area contributed by atoms with Gasteiger partial charge in [0.2, 0.25) is 5.92 Å². The molecular weight excluding hydrogens is 414 g/mol. The molecule has 0 spiro atoms. The van der Waals surface area contributed by atoms with Crippen LogP contribution in [0.1, 0.15) is 64.9 Å². The van der Waals surface area contributed by atoms with E-state index in [1.54, 1.807) is 30.3 Å². The van der Waals surface area contributed by atoms with Gasteiger partial charge in [0.1, 0.15) is 0 Å². The lowest BCUT2D eigenvalue weighted by atomic mass is 9.80. The number of esters is 1. The molecule has 1 aliphatic heterocycles. The summed E-state index contributed by atoms with van der Waals surface area (Å²) in [6.45, 7) is 7.35. The van der Waals surface area contributed by atoms with E-state index < -0.39 is 29.8 Å². The Morgan fingerprint density at radius 1 is 1.25 bits per heavy atom. The van der Waals surface area contributed by atoms with Crippen LogP contribution in [0, 0.1) is 5.92 Å². The van der Waals surface area contributed by atoms with Crippen LogP contribution < -0.4 is 0 Å². The topological polar surface area (TPSA) is 53.0 Å². The van der Waals surface area contributed by atoms with E-state index in [0.29, 0.717) is 24.6 Å². The van der Waals surface area contributed by atoms with Crippen LogP contribution >= 0.6 is 0 Å². The van der Waals surface area contributed by atoms with Crippen molar-refractivity contribution >= 4 is 5.97 Å². The molecule has 1 unspecified atom stereocenters. The van der Waals surface area contributed by atoms with E-state index in [4.69, 9.17) is 4.74 Å². The molecule has 0 amide bonds. The third-order valence-electron chi connectivity index (χ3n) is 7.02. The molecule has 1 saturated carbocycles. The normalized spacial score (nSPS) is 24.2. The molecule has 1 heterocycles. The lowest BCUT2D eigenvalue weighted by Gasteiger charge is -2.35. The van der Waals surface area contributed by atoms with E-state index in [1.807, 2.05) is 0 Å². The molecule has 32 heavy (non-hydrogen) atoms. The van der Waals surface area contributed by atoms with E-state index in [2.05, 4.69) is 43.0 Å². The predicted octanol–water partition coefficient (Wildman–Crippen LogP) is 4.87. The maximum Gasteiger partial charge on any atom is 0.343 e. The van der Waals surface area contributed by atoms with E-state index in [1.165, 1.54) is 0 Å². The number of hydrogen-bond acceptors (Lipinski definition) is 5. The first-order chi connectivity index (χ1) is 15.2. The van der Waals surface area contributed by atoms with Gasteiger partial charge in [-0.1, -0.05) is 44.2 Å². The maximum absolute atomic E-state index is 13.9. The Morgan fingerprint density at radius 3 is 2.53 bits per heavy atom. The molecule has 178 valence electrons. The number of nitrogens with zero attached hydrogens (tertiary/aromatic N) is 2. The minimum atomic E-state index is -2.87. The average Bonchev–Trinajstić information content (AvgIpc) is 3.34. The average molecular weight is 451 g/mol. The highest BCUT2D eigenvalue weighted by molar-refractivity contribution is 5.81. The predicted molar refractivity (Wildman–Crippen MR) is 120 cm³/mol. The number of aliphatic hydroxyl groups is 1. The highest BCUT2D eigenvalue weighted by Crippen LogP contribution is 2.47. The molecule has 3 rings (SSSR count). The molecule has 1 fully saturated rings. The first-order valence-electron chi connectivity index (χ1n) is 11.8. The van der Waals surface area contributed by atoms with Gasteiger partial charge in [0, 0.05) is 43.7 Å². The van der Waals surface area contributed by atoms with E-state index in [9.17, 15) is 18.7 Å². The third-order valence-corrected chi connectivity index (χ3v) is 7.02. The lowest BCUT2D eigenvalue weighted by molar-refractivity contribution is -0.175. The molecule has 3 atom stereocenters. The number of carbonyl (C=O) groups is 1. The zero-order chi connectivity index (χ0) is 23.4. The monoisotopic (exact) mass is 450 g/mol. The molecule has 5 nitrogen and oxygen atoms in total. The first-order valence-corrected chi connectivity index (χ1v) is 11.8. The Balaban J connectivity index is 1.58. The zero-order valence-corrected chi connectivity index (χ0v) is 19.3. The Hall–Kier alpha value is -2.15. The van der Waals surface area contributed by atoms with Crippen molar-refractivity contribution in [3.05, 3.63) is 48.3 Å². The molecule has 0 saturated heterocycles. The molecule has 1 aromatic rings. The molecule has 1 N–H and O–H groups in total. The fraction of sp³-hybridized carbons (Fsp3) is 0.640. The summed E-state index contributed by atoms with van der Waals surface area (Å²) in [5, 5.41) is 11.3. The molecule has 7 heteroatoms. The van der Waals surface area contributed by atoms with Crippen LogP contribution in [0.4, 0.5) is 8.78 Å². The van der Waals surface area contributed by atoms with Crippen LogP contribution in [0.25, 0.3) is 0 Å². The van der Waals surface area contributed by atoms with Gasteiger partial charge < -0.3 is 19.6 Å². The molecule has 1 aromatic carbocycles. The van der Waals surface area contributed by atoms with E-state index in [-0.39, 0.29) is 25.6 Å². The number of halogens is 2. The molecular formula is C25H36F2N2O3. The summed E-state index contributed by atoms with van der Waals surface area (Å²) in [6, 6.07) is 8.83. The number of alkyl halides is 2. The Morgan fingerprint density at radius 2 is 1.94 bits per heavy atom. The standard InChI is InChI=1S/C25H36F2N2O3/c1-4-22(5-2)29-16-15-28(19(29)3)14-9-17-32-23(30)25(31,20-10-7-6-8-11-20)21-12-13-24(26,27)18-21/h6-8,10-11,15-16,19,21-22,31H,4-5,9,12-14,17-18H2,1-3H3/t19?,21-,25+/m1/s1. The zero-order valence-electron chi connectivity index (χ0n) is 19.3. The van der Waals surface area contributed by atoms with Crippen molar-refractivity contribution in [2.75, 3.05) is 13.2 Å². The number of ether oxygens (including phenoxy) is 1. The number of benzene rings is 1. The number of hydrogen-bond donors (Lipinski definition) is 1. The third kappa shape index (κ3) is 5.08. The molecule has 2 aliphatic rings. The molecule has 0 radical (unpaired) electrons. The van der Waals surface area contributed by atoms with Crippen molar-refractivity contribution in [1.82, 2.24) is 9.80 Å². The fourth-order valence-electron chi connectivity index (χ4n) is 5.02. The quantitative estimate of drug-likeness (QED) is 0.407. The van der Waals surface area contributed by atoms with Crippen molar-refractivity contribution in [2.45, 2.75) is 83.0 Å². The van der Waals surface area contributed by atoms with Gasteiger partial charge in [-0.3, -0.25) is 0 Å². The summed E-state index contributed by atoms with van der Waals surface area (Å²) >= 11 is 0. The smallest absolute Gasteiger partial charge is 0.343 e. The maximum atomic E-state index is 13.9. The summed E-state index contributed by atoms with van der Waals surface area (Å²) in [4.78, 5) is 17.5. The highest BCUT2D eigenvalue weighted by Gasteiger charge is 2.54. The molecule has 0 bridgehead atoms. The van der Waals surface area contributed by atoms with Crippen molar-refractivity contribution in [1.29, 1.82) is 0 Å². The lowest BCUT2D eigenvalue weighted by Crippen LogP contribution is -2.44.